The monoisotopic (exact) mass is 283 g/mol. The Hall–Kier alpha value is -2.24. The highest BCUT2D eigenvalue weighted by atomic mass is 35.5. The molecule has 2 nitrogen and oxygen atoms in total. The van der Waals surface area contributed by atoms with Gasteiger partial charge in [-0.2, -0.15) is 0 Å². The molecule has 0 aliphatic carbocycles. The number of benzene rings is 2. The maximum absolute atomic E-state index is 12.5. The van der Waals surface area contributed by atoms with Gasteiger partial charge < -0.3 is 4.90 Å². The molecule has 0 atom stereocenters. The van der Waals surface area contributed by atoms with Crippen LogP contribution < -0.4 is 0 Å². The molecule has 0 heterocycles. The molecule has 0 fully saturated rings. The topological polar surface area (TPSA) is 20.3 Å². The first-order valence-corrected chi connectivity index (χ1v) is 6.60. The average Bonchev–Trinajstić information content (AvgIpc) is 2.47. The lowest BCUT2D eigenvalue weighted by atomic mass is 10.1. The van der Waals surface area contributed by atoms with Crippen molar-refractivity contribution in [2.24, 2.45) is 0 Å². The fraction of sp³-hybridized carbons (Fsp3) is 0.118. The first kappa shape index (κ1) is 14.2. The van der Waals surface area contributed by atoms with Gasteiger partial charge in [0, 0.05) is 17.1 Å². The third kappa shape index (κ3) is 3.63. The number of carbonyl (C=O) groups is 1. The van der Waals surface area contributed by atoms with Crippen molar-refractivity contribution in [3.63, 3.8) is 0 Å². The molecule has 2 rings (SSSR count). The minimum absolute atomic E-state index is 0.116. The van der Waals surface area contributed by atoms with Crippen molar-refractivity contribution in [1.29, 1.82) is 0 Å². The predicted octanol–water partition coefficient (Wildman–Crippen LogP) is 3.62. The lowest BCUT2D eigenvalue weighted by molar-refractivity contribution is 0.0766. The molecular formula is C17H14ClNO. The van der Waals surface area contributed by atoms with E-state index in [-0.39, 0.29) is 12.5 Å². The second kappa shape index (κ2) is 6.79. The van der Waals surface area contributed by atoms with Crippen LogP contribution in [0.4, 0.5) is 0 Å². The summed E-state index contributed by atoms with van der Waals surface area (Å²) in [7, 11) is 0. The molecule has 1 amide bonds. The van der Waals surface area contributed by atoms with Gasteiger partial charge in [-0.05, 0) is 23.8 Å². The molecule has 20 heavy (non-hydrogen) atoms. The molecule has 0 aliphatic rings. The number of carbonyl (C=O) groups excluding carboxylic acids is 1. The van der Waals surface area contributed by atoms with Crippen LogP contribution in [-0.4, -0.2) is 17.4 Å². The van der Waals surface area contributed by atoms with Crippen molar-refractivity contribution in [2.75, 3.05) is 6.54 Å². The molecule has 0 unspecified atom stereocenters. The molecule has 0 saturated heterocycles. The van der Waals surface area contributed by atoms with Crippen LogP contribution in [0.1, 0.15) is 15.9 Å². The summed E-state index contributed by atoms with van der Waals surface area (Å²) in [5.74, 6) is 2.41. The van der Waals surface area contributed by atoms with Gasteiger partial charge >= 0.3 is 0 Å². The summed E-state index contributed by atoms with van der Waals surface area (Å²) >= 11 is 5.92. The van der Waals surface area contributed by atoms with Gasteiger partial charge in [-0.3, -0.25) is 4.79 Å². The van der Waals surface area contributed by atoms with Crippen LogP contribution in [0.2, 0.25) is 5.02 Å². The molecule has 0 N–H and O–H groups in total. The average molecular weight is 284 g/mol. The minimum atomic E-state index is -0.116. The minimum Gasteiger partial charge on any atom is -0.323 e. The Morgan fingerprint density at radius 1 is 1.15 bits per heavy atom. The summed E-state index contributed by atoms with van der Waals surface area (Å²) < 4.78 is 0. The van der Waals surface area contributed by atoms with E-state index in [9.17, 15) is 4.79 Å². The molecule has 2 aromatic rings. The summed E-state index contributed by atoms with van der Waals surface area (Å²) in [6.45, 7) is 0.747. The van der Waals surface area contributed by atoms with Crippen LogP contribution >= 0.6 is 11.6 Å². The molecule has 0 spiro atoms. The van der Waals surface area contributed by atoms with E-state index in [4.69, 9.17) is 18.0 Å². The van der Waals surface area contributed by atoms with Crippen molar-refractivity contribution >= 4 is 17.5 Å². The molecule has 0 aromatic heterocycles. The Bertz CT molecular complexity index is 631. The number of amides is 1. The lowest BCUT2D eigenvalue weighted by Crippen LogP contribution is -2.30. The van der Waals surface area contributed by atoms with Gasteiger partial charge in [0.1, 0.15) is 0 Å². The Morgan fingerprint density at radius 2 is 1.90 bits per heavy atom. The quantitative estimate of drug-likeness (QED) is 0.785. The summed E-state index contributed by atoms with van der Waals surface area (Å²) in [4.78, 5) is 14.1. The van der Waals surface area contributed by atoms with Crippen LogP contribution in [0.15, 0.2) is 54.6 Å². The molecule has 2 aromatic carbocycles. The highest BCUT2D eigenvalue weighted by Gasteiger charge is 2.15. The standard InChI is InChI=1S/C17H14ClNO/c1-2-11-19(13-14-7-4-3-5-8-14)17(20)15-9-6-10-16(18)12-15/h1,3-10,12H,11,13H2. The zero-order valence-electron chi connectivity index (χ0n) is 10.9. The summed E-state index contributed by atoms with van der Waals surface area (Å²) in [5.41, 5.74) is 1.59. The molecule has 0 aliphatic heterocycles. The van der Waals surface area contributed by atoms with Crippen molar-refractivity contribution in [3.8, 4) is 12.3 Å². The first-order chi connectivity index (χ1) is 9.70. The molecule has 3 heteroatoms. The van der Waals surface area contributed by atoms with Crippen molar-refractivity contribution in [3.05, 3.63) is 70.7 Å². The van der Waals surface area contributed by atoms with Gasteiger partial charge in [-0.25, -0.2) is 0 Å². The Balaban J connectivity index is 2.20. The van der Waals surface area contributed by atoms with Gasteiger partial charge in [0.15, 0.2) is 0 Å². The van der Waals surface area contributed by atoms with Crippen LogP contribution in [-0.2, 0) is 6.54 Å². The summed E-state index contributed by atoms with van der Waals surface area (Å²) in [6, 6.07) is 16.6. The number of rotatable bonds is 4. The summed E-state index contributed by atoms with van der Waals surface area (Å²) in [5, 5.41) is 0.538. The highest BCUT2D eigenvalue weighted by Crippen LogP contribution is 2.14. The first-order valence-electron chi connectivity index (χ1n) is 6.23. The third-order valence-corrected chi connectivity index (χ3v) is 3.09. The SMILES string of the molecule is C#CCN(Cc1ccccc1)C(=O)c1cccc(Cl)c1. The van der Waals surface area contributed by atoms with Gasteiger partial charge in [-0.1, -0.05) is 53.9 Å². The largest absolute Gasteiger partial charge is 0.323 e. The molecule has 0 radical (unpaired) electrons. The van der Waals surface area contributed by atoms with E-state index >= 15 is 0 Å². The lowest BCUT2D eigenvalue weighted by Gasteiger charge is -2.20. The zero-order chi connectivity index (χ0) is 14.4. The van der Waals surface area contributed by atoms with Crippen molar-refractivity contribution in [1.82, 2.24) is 4.90 Å². The smallest absolute Gasteiger partial charge is 0.254 e. The van der Waals surface area contributed by atoms with E-state index in [1.807, 2.05) is 30.3 Å². The van der Waals surface area contributed by atoms with Crippen LogP contribution in [0, 0.1) is 12.3 Å². The Morgan fingerprint density at radius 3 is 2.55 bits per heavy atom. The molecular weight excluding hydrogens is 270 g/mol. The molecule has 0 saturated carbocycles. The number of hydrogen-bond acceptors (Lipinski definition) is 1. The van der Waals surface area contributed by atoms with E-state index in [1.165, 1.54) is 0 Å². The van der Waals surface area contributed by atoms with Gasteiger partial charge in [0.25, 0.3) is 5.91 Å². The van der Waals surface area contributed by atoms with Crippen LogP contribution in [0.5, 0.6) is 0 Å². The number of nitrogens with zero attached hydrogens (tertiary/aromatic N) is 1. The van der Waals surface area contributed by atoms with Gasteiger partial charge in [0.05, 0.1) is 6.54 Å². The predicted molar refractivity (Wildman–Crippen MR) is 81.5 cm³/mol. The molecule has 0 bridgehead atoms. The van der Waals surface area contributed by atoms with Crippen LogP contribution in [0.3, 0.4) is 0 Å². The maximum atomic E-state index is 12.5. The second-order valence-corrected chi connectivity index (χ2v) is 4.80. The number of hydrogen-bond donors (Lipinski definition) is 0. The highest BCUT2D eigenvalue weighted by molar-refractivity contribution is 6.30. The van der Waals surface area contributed by atoms with E-state index in [2.05, 4.69) is 5.92 Å². The van der Waals surface area contributed by atoms with E-state index in [1.54, 1.807) is 29.2 Å². The third-order valence-electron chi connectivity index (χ3n) is 2.86. The Labute approximate surface area is 124 Å². The Kier molecular flexibility index (Phi) is 4.81. The van der Waals surface area contributed by atoms with E-state index in [0.29, 0.717) is 17.1 Å². The fourth-order valence-corrected chi connectivity index (χ4v) is 2.11. The van der Waals surface area contributed by atoms with E-state index < -0.39 is 0 Å². The number of halogens is 1. The number of terminal acetylenes is 1. The van der Waals surface area contributed by atoms with Crippen molar-refractivity contribution < 1.29 is 4.79 Å². The van der Waals surface area contributed by atoms with Gasteiger partial charge in [0.2, 0.25) is 0 Å². The second-order valence-electron chi connectivity index (χ2n) is 4.36. The van der Waals surface area contributed by atoms with Gasteiger partial charge in [-0.15, -0.1) is 6.42 Å². The maximum Gasteiger partial charge on any atom is 0.254 e. The van der Waals surface area contributed by atoms with E-state index in [0.717, 1.165) is 5.56 Å². The zero-order valence-corrected chi connectivity index (χ0v) is 11.7. The normalized spacial score (nSPS) is 9.80. The fourth-order valence-electron chi connectivity index (χ4n) is 1.92. The van der Waals surface area contributed by atoms with Crippen LogP contribution in [0.25, 0.3) is 0 Å². The summed E-state index contributed by atoms with van der Waals surface area (Å²) in [6.07, 6.45) is 5.36. The molecule has 100 valence electrons. The van der Waals surface area contributed by atoms with Crippen molar-refractivity contribution in [2.45, 2.75) is 6.54 Å².